The van der Waals surface area contributed by atoms with Crippen molar-refractivity contribution in [2.24, 2.45) is 5.73 Å². The number of aromatic hydroxyl groups is 1. The second-order valence-electron chi connectivity index (χ2n) is 12.2. The summed E-state index contributed by atoms with van der Waals surface area (Å²) in [7, 11) is 5.47. The van der Waals surface area contributed by atoms with Crippen molar-refractivity contribution in [1.82, 2.24) is 14.7 Å². The summed E-state index contributed by atoms with van der Waals surface area (Å²) in [6.07, 6.45) is 9.12. The van der Waals surface area contributed by atoms with Gasteiger partial charge >= 0.3 is 0 Å². The third-order valence-corrected chi connectivity index (χ3v) is 8.83. The van der Waals surface area contributed by atoms with Crippen LogP contribution in [0.4, 0.5) is 0 Å². The molecule has 2 fully saturated rings. The van der Waals surface area contributed by atoms with Crippen LogP contribution >= 0.6 is 0 Å². The number of aldehydes is 1. The van der Waals surface area contributed by atoms with E-state index < -0.39 is 11.9 Å². The van der Waals surface area contributed by atoms with E-state index in [2.05, 4.69) is 47.3 Å². The predicted octanol–water partition coefficient (Wildman–Crippen LogP) is 4.40. The van der Waals surface area contributed by atoms with Crippen LogP contribution in [0.5, 0.6) is 5.75 Å². The van der Waals surface area contributed by atoms with E-state index in [0.29, 0.717) is 36.6 Å². The van der Waals surface area contributed by atoms with Gasteiger partial charge in [-0.1, -0.05) is 24.3 Å². The summed E-state index contributed by atoms with van der Waals surface area (Å²) < 4.78 is 16.7. The van der Waals surface area contributed by atoms with Gasteiger partial charge in [0.25, 0.3) is 0 Å². The molecule has 10 heteroatoms. The van der Waals surface area contributed by atoms with E-state index in [4.69, 9.17) is 19.9 Å². The number of hydrogen-bond acceptors (Lipinski definition) is 9. The van der Waals surface area contributed by atoms with Crippen molar-refractivity contribution >= 4 is 12.2 Å². The first-order valence-corrected chi connectivity index (χ1v) is 16.0. The first kappa shape index (κ1) is 34.4. The molecular weight excluding hydrogens is 572 g/mol. The molecular formula is C35H50N4O6. The first-order valence-electron chi connectivity index (χ1n) is 16.0. The van der Waals surface area contributed by atoms with E-state index in [9.17, 15) is 14.7 Å². The minimum absolute atomic E-state index is 0.0198. The van der Waals surface area contributed by atoms with E-state index in [1.165, 1.54) is 49.2 Å². The Balaban J connectivity index is 0.000000207. The number of likely N-dealkylation sites (N-methyl/N-ethyl adjacent to an activating group) is 1. The lowest BCUT2D eigenvalue weighted by molar-refractivity contribution is -0.123. The molecule has 2 saturated heterocycles. The Morgan fingerprint density at radius 1 is 1.13 bits per heavy atom. The Morgan fingerprint density at radius 2 is 1.82 bits per heavy atom. The van der Waals surface area contributed by atoms with Gasteiger partial charge in [-0.25, -0.2) is 0 Å². The number of rotatable bonds is 13. The van der Waals surface area contributed by atoms with E-state index in [-0.39, 0.29) is 12.0 Å². The van der Waals surface area contributed by atoms with Crippen LogP contribution in [0.15, 0.2) is 54.4 Å². The number of phenolic OH excluding ortho intramolecular Hbond substituents is 1. The Bertz CT molecular complexity index is 1260. The zero-order chi connectivity index (χ0) is 32.2. The van der Waals surface area contributed by atoms with Gasteiger partial charge < -0.3 is 30.0 Å². The number of hydrogen-bond donors (Lipinski definition) is 2. The first-order chi connectivity index (χ1) is 21.8. The van der Waals surface area contributed by atoms with Gasteiger partial charge in [0.15, 0.2) is 6.23 Å². The molecule has 0 aliphatic carbocycles. The second-order valence-corrected chi connectivity index (χ2v) is 12.2. The summed E-state index contributed by atoms with van der Waals surface area (Å²) >= 11 is 0. The van der Waals surface area contributed by atoms with Crippen molar-refractivity contribution in [2.75, 3.05) is 60.7 Å². The molecule has 5 rings (SSSR count). The second kappa shape index (κ2) is 17.3. The number of primary amides is 1. The lowest BCUT2D eigenvalue weighted by Crippen LogP contribution is -2.42. The van der Waals surface area contributed by atoms with E-state index in [0.717, 1.165) is 51.1 Å². The highest BCUT2D eigenvalue weighted by Crippen LogP contribution is 2.33. The van der Waals surface area contributed by atoms with Crippen molar-refractivity contribution in [3.8, 4) is 5.75 Å². The normalized spacial score (nSPS) is 19.5. The van der Waals surface area contributed by atoms with Crippen LogP contribution in [0.3, 0.4) is 0 Å². The molecule has 2 aromatic carbocycles. The van der Waals surface area contributed by atoms with Crippen LogP contribution in [-0.2, 0) is 25.5 Å². The van der Waals surface area contributed by atoms with Crippen molar-refractivity contribution in [3.05, 3.63) is 76.7 Å². The molecule has 3 aliphatic rings. The molecule has 2 unspecified atom stereocenters. The van der Waals surface area contributed by atoms with Crippen molar-refractivity contribution < 1.29 is 28.9 Å². The Morgan fingerprint density at radius 3 is 2.47 bits per heavy atom. The third kappa shape index (κ3) is 10.0. The summed E-state index contributed by atoms with van der Waals surface area (Å²) in [4.78, 5) is 29.0. The molecule has 246 valence electrons. The maximum Gasteiger partial charge on any atom is 0.234 e. The van der Waals surface area contributed by atoms with Crippen LogP contribution < -0.4 is 5.73 Å². The molecule has 3 heterocycles. The van der Waals surface area contributed by atoms with E-state index >= 15 is 0 Å². The zero-order valence-electron chi connectivity index (χ0n) is 27.0. The van der Waals surface area contributed by atoms with Crippen molar-refractivity contribution in [2.45, 2.75) is 63.3 Å². The minimum Gasteiger partial charge on any atom is -0.508 e. The maximum absolute atomic E-state index is 11.6. The van der Waals surface area contributed by atoms with E-state index in [1.807, 2.05) is 0 Å². The highest BCUT2D eigenvalue weighted by molar-refractivity contribution is 5.80. The largest absolute Gasteiger partial charge is 0.508 e. The SMILES string of the molecule is CN1C=C(CN2CCCC2)OC1c1ccc(C2CCOCC2)cc1.COCCCC(C(N)=O)N(C)Cc1cc(O)ccc1C=O. The lowest BCUT2D eigenvalue weighted by atomic mass is 9.91. The number of methoxy groups -OCH3 is 1. The monoisotopic (exact) mass is 622 g/mol. The molecule has 0 radical (unpaired) electrons. The van der Waals surface area contributed by atoms with Gasteiger partial charge in [-0.3, -0.25) is 19.4 Å². The smallest absolute Gasteiger partial charge is 0.234 e. The topological polar surface area (TPSA) is 118 Å². The average molecular weight is 623 g/mol. The molecule has 2 aromatic rings. The fourth-order valence-corrected chi connectivity index (χ4v) is 6.28. The molecule has 3 N–H and O–H groups in total. The van der Waals surface area contributed by atoms with Gasteiger partial charge in [-0.15, -0.1) is 0 Å². The number of nitrogens with zero attached hydrogens (tertiary/aromatic N) is 3. The standard InChI is InChI=1S/C20H28N2O2.C15H22N2O4/c1-21-14-19(15-22-10-2-3-11-22)24-20(21)18-6-4-16(5-7-18)17-8-12-23-13-9-17;1-17(14(15(16)20)4-3-7-21-2)9-12-8-13(19)6-5-11(12)10-18/h4-7,14,17,20H,2-3,8-13,15H2,1H3;5-6,8,10,14,19H,3-4,7,9H2,1-2H3,(H2,16,20). The van der Waals surface area contributed by atoms with Crippen LogP contribution in [0.2, 0.25) is 0 Å². The highest BCUT2D eigenvalue weighted by Gasteiger charge is 2.27. The van der Waals surface area contributed by atoms with E-state index in [1.54, 1.807) is 25.1 Å². The minimum atomic E-state index is -0.443. The summed E-state index contributed by atoms with van der Waals surface area (Å²) in [6, 6.07) is 13.1. The molecule has 3 aliphatic heterocycles. The molecule has 1 amide bonds. The fourth-order valence-electron chi connectivity index (χ4n) is 6.28. The number of ether oxygens (including phenoxy) is 3. The van der Waals surface area contributed by atoms with Crippen LogP contribution in [0.1, 0.15) is 77.7 Å². The Labute approximate surface area is 267 Å². The number of carbonyl (C=O) groups excluding carboxylic acids is 2. The van der Waals surface area contributed by atoms with Crippen molar-refractivity contribution in [1.29, 1.82) is 0 Å². The fraction of sp³-hybridized carbons (Fsp3) is 0.543. The predicted molar refractivity (Wildman–Crippen MR) is 174 cm³/mol. The summed E-state index contributed by atoms with van der Waals surface area (Å²) in [5.74, 6) is 1.41. The van der Waals surface area contributed by atoms with Gasteiger partial charge in [0.1, 0.15) is 17.8 Å². The molecule has 0 spiro atoms. The maximum atomic E-state index is 11.6. The zero-order valence-corrected chi connectivity index (χ0v) is 27.0. The van der Waals surface area contributed by atoms with Gasteiger partial charge in [0.05, 0.1) is 12.6 Å². The van der Waals surface area contributed by atoms with Gasteiger partial charge in [-0.05, 0) is 93.9 Å². The van der Waals surface area contributed by atoms with Gasteiger partial charge in [-0.2, -0.15) is 0 Å². The molecule has 45 heavy (non-hydrogen) atoms. The Hall–Kier alpha value is -3.44. The number of amides is 1. The number of phenols is 1. The molecule has 0 aromatic heterocycles. The summed E-state index contributed by atoms with van der Waals surface area (Å²) in [6.45, 7) is 6.05. The third-order valence-electron chi connectivity index (χ3n) is 8.83. The summed E-state index contributed by atoms with van der Waals surface area (Å²) in [5.41, 5.74) is 9.25. The average Bonchev–Trinajstić information content (AvgIpc) is 3.69. The van der Waals surface area contributed by atoms with Crippen LogP contribution in [0.25, 0.3) is 0 Å². The molecule has 10 nitrogen and oxygen atoms in total. The number of benzene rings is 2. The number of likely N-dealkylation sites (tertiary alicyclic amines) is 1. The van der Waals surface area contributed by atoms with Gasteiger partial charge in [0.2, 0.25) is 5.91 Å². The lowest BCUT2D eigenvalue weighted by Gasteiger charge is -2.26. The van der Waals surface area contributed by atoms with Gasteiger partial charge in [0, 0.05) is 57.8 Å². The number of nitrogens with two attached hydrogens (primary N) is 1. The molecule has 2 atom stereocenters. The molecule has 0 saturated carbocycles. The number of carbonyl (C=O) groups is 2. The summed E-state index contributed by atoms with van der Waals surface area (Å²) in [5, 5.41) is 9.52. The highest BCUT2D eigenvalue weighted by atomic mass is 16.5. The molecule has 0 bridgehead atoms. The Kier molecular flexibility index (Phi) is 13.2. The van der Waals surface area contributed by atoms with Crippen molar-refractivity contribution in [3.63, 3.8) is 0 Å². The quantitative estimate of drug-likeness (QED) is 0.248. The van der Waals surface area contributed by atoms with Crippen LogP contribution in [0, 0.1) is 0 Å². The van der Waals surface area contributed by atoms with Crippen LogP contribution in [-0.4, -0.2) is 98.7 Å².